The van der Waals surface area contributed by atoms with Crippen molar-refractivity contribution < 1.29 is 27.7 Å². The molecule has 2 amide bonds. The topological polar surface area (TPSA) is 105 Å². The monoisotopic (exact) mass is 552 g/mol. The first-order valence-corrected chi connectivity index (χ1v) is 12.4. The number of halogens is 4. The number of piperidine rings is 1. The lowest BCUT2D eigenvalue weighted by atomic mass is 9.97. The predicted molar refractivity (Wildman–Crippen MR) is 132 cm³/mol. The molecule has 1 aliphatic heterocycles. The lowest BCUT2D eigenvalue weighted by Gasteiger charge is -2.31. The van der Waals surface area contributed by atoms with E-state index in [-0.39, 0.29) is 34.6 Å². The Morgan fingerprint density at radius 2 is 1.84 bits per heavy atom. The van der Waals surface area contributed by atoms with Gasteiger partial charge in [-0.25, -0.2) is 4.98 Å². The Bertz CT molecular complexity index is 1320. The van der Waals surface area contributed by atoms with Gasteiger partial charge in [0, 0.05) is 41.6 Å². The molecular weight excluding hydrogens is 533 g/mol. The van der Waals surface area contributed by atoms with Gasteiger partial charge >= 0.3 is 6.18 Å². The van der Waals surface area contributed by atoms with Crippen LogP contribution in [-0.2, 0) is 11.0 Å². The van der Waals surface area contributed by atoms with Crippen LogP contribution in [0.15, 0.2) is 47.8 Å². The van der Waals surface area contributed by atoms with Crippen LogP contribution in [0, 0.1) is 10.1 Å². The third-order valence-corrected chi connectivity index (χ3v) is 7.36. The molecule has 1 aromatic heterocycles. The van der Waals surface area contributed by atoms with E-state index in [1.165, 1.54) is 23.5 Å². The Morgan fingerprint density at radius 3 is 2.46 bits per heavy atom. The number of nitrogens with one attached hydrogen (secondary N) is 1. The fourth-order valence-electron chi connectivity index (χ4n) is 3.98. The van der Waals surface area contributed by atoms with Crippen molar-refractivity contribution in [3.05, 3.63) is 79.1 Å². The quantitative estimate of drug-likeness (QED) is 0.320. The van der Waals surface area contributed by atoms with Crippen LogP contribution in [0.4, 0.5) is 18.9 Å². The van der Waals surface area contributed by atoms with Crippen molar-refractivity contribution in [2.45, 2.75) is 24.9 Å². The molecule has 8 nitrogen and oxygen atoms in total. The summed E-state index contributed by atoms with van der Waals surface area (Å²) in [5, 5.41) is 16.4. The second kappa shape index (κ2) is 10.9. The third-order valence-electron chi connectivity index (χ3n) is 6.03. The molecule has 1 saturated heterocycles. The molecule has 194 valence electrons. The van der Waals surface area contributed by atoms with Crippen molar-refractivity contribution in [1.29, 1.82) is 0 Å². The molecule has 3 aromatic rings. The molecule has 0 atom stereocenters. The SMILES string of the molecule is O=C(NCC(=O)N1CCC(c2nc(-c3ccc(Cl)c([N+](=O)[O-])c3)cs2)CC1)c1ccc(C(F)(F)F)cc1. The highest BCUT2D eigenvalue weighted by atomic mass is 35.5. The summed E-state index contributed by atoms with van der Waals surface area (Å²) in [6.07, 6.45) is -3.17. The van der Waals surface area contributed by atoms with Crippen LogP contribution < -0.4 is 5.32 Å². The summed E-state index contributed by atoms with van der Waals surface area (Å²) in [4.78, 5) is 41.6. The van der Waals surface area contributed by atoms with Gasteiger partial charge in [-0.1, -0.05) is 17.7 Å². The van der Waals surface area contributed by atoms with Crippen molar-refractivity contribution in [2.24, 2.45) is 0 Å². The van der Waals surface area contributed by atoms with Crippen LogP contribution in [0.1, 0.15) is 39.7 Å². The third kappa shape index (κ3) is 6.25. The number of carbonyl (C=O) groups is 2. The number of nitro groups is 1. The van der Waals surface area contributed by atoms with Gasteiger partial charge in [0.05, 0.1) is 27.7 Å². The summed E-state index contributed by atoms with van der Waals surface area (Å²) in [6.45, 7) is 0.656. The van der Waals surface area contributed by atoms with Crippen molar-refractivity contribution in [1.82, 2.24) is 15.2 Å². The molecule has 1 fully saturated rings. The number of hydrogen-bond donors (Lipinski definition) is 1. The largest absolute Gasteiger partial charge is 0.416 e. The molecule has 2 heterocycles. The van der Waals surface area contributed by atoms with Crippen LogP contribution in [0.25, 0.3) is 11.3 Å². The summed E-state index contributed by atoms with van der Waals surface area (Å²) in [5.41, 5.74) is 0.195. The summed E-state index contributed by atoms with van der Waals surface area (Å²) < 4.78 is 38.0. The minimum atomic E-state index is -4.49. The zero-order valence-electron chi connectivity index (χ0n) is 19.1. The highest BCUT2D eigenvalue weighted by molar-refractivity contribution is 7.10. The standard InChI is InChI=1S/C24H20ClF3N4O4S/c25-18-6-3-16(11-20(18)32(35)36)19-13-37-23(30-19)15-7-9-31(10-8-15)21(33)12-29-22(34)14-1-4-17(5-2-14)24(26,27)28/h1-6,11,13,15H,7-10,12H2,(H,29,34). The molecule has 2 aromatic carbocycles. The number of amides is 2. The molecule has 13 heteroatoms. The van der Waals surface area contributed by atoms with Crippen LogP contribution in [0.2, 0.25) is 5.02 Å². The van der Waals surface area contributed by atoms with E-state index in [2.05, 4.69) is 10.3 Å². The van der Waals surface area contributed by atoms with E-state index in [9.17, 15) is 32.9 Å². The molecule has 37 heavy (non-hydrogen) atoms. The maximum Gasteiger partial charge on any atom is 0.416 e. The number of thiazole rings is 1. The molecule has 0 unspecified atom stereocenters. The van der Waals surface area contributed by atoms with Crippen molar-refractivity contribution in [3.8, 4) is 11.3 Å². The lowest BCUT2D eigenvalue weighted by Crippen LogP contribution is -2.43. The Morgan fingerprint density at radius 1 is 1.16 bits per heavy atom. The van der Waals surface area contributed by atoms with Crippen LogP contribution in [-0.4, -0.2) is 46.3 Å². The molecule has 0 saturated carbocycles. The van der Waals surface area contributed by atoms with Gasteiger partial charge in [-0.3, -0.25) is 19.7 Å². The zero-order valence-corrected chi connectivity index (χ0v) is 20.7. The molecule has 1 aliphatic rings. The summed E-state index contributed by atoms with van der Waals surface area (Å²) in [5.74, 6) is -0.798. The number of nitro benzene ring substituents is 1. The first-order chi connectivity index (χ1) is 17.5. The Labute approximate surface area is 218 Å². The molecule has 0 radical (unpaired) electrons. The fourth-order valence-corrected chi connectivity index (χ4v) is 5.16. The number of benzene rings is 2. The minimum absolute atomic E-state index is 0.0325. The first-order valence-electron chi connectivity index (χ1n) is 11.2. The van der Waals surface area contributed by atoms with Gasteiger partial charge in [0.2, 0.25) is 5.91 Å². The Hall–Kier alpha value is -3.51. The van der Waals surface area contributed by atoms with Gasteiger partial charge in [0.1, 0.15) is 5.02 Å². The van der Waals surface area contributed by atoms with E-state index in [0.29, 0.717) is 37.2 Å². The van der Waals surface area contributed by atoms with Gasteiger partial charge in [-0.2, -0.15) is 13.2 Å². The van der Waals surface area contributed by atoms with Crippen molar-refractivity contribution >= 4 is 40.4 Å². The van der Waals surface area contributed by atoms with E-state index in [1.807, 2.05) is 5.38 Å². The van der Waals surface area contributed by atoms with E-state index in [4.69, 9.17) is 11.6 Å². The summed E-state index contributed by atoms with van der Waals surface area (Å²) in [6, 6.07) is 8.31. The maximum absolute atomic E-state index is 12.7. The first kappa shape index (κ1) is 26.6. The zero-order chi connectivity index (χ0) is 26.7. The lowest BCUT2D eigenvalue weighted by molar-refractivity contribution is -0.384. The van der Waals surface area contributed by atoms with Crippen molar-refractivity contribution in [2.75, 3.05) is 19.6 Å². The van der Waals surface area contributed by atoms with Gasteiger partial charge in [0.15, 0.2) is 0 Å². The Kier molecular flexibility index (Phi) is 7.79. The maximum atomic E-state index is 12.7. The molecule has 0 aliphatic carbocycles. The summed E-state index contributed by atoms with van der Waals surface area (Å²) in [7, 11) is 0. The van der Waals surface area contributed by atoms with E-state index in [1.54, 1.807) is 11.0 Å². The minimum Gasteiger partial charge on any atom is -0.343 e. The van der Waals surface area contributed by atoms with Gasteiger partial charge in [-0.05, 0) is 43.2 Å². The van der Waals surface area contributed by atoms with Gasteiger partial charge in [-0.15, -0.1) is 11.3 Å². The van der Waals surface area contributed by atoms with Crippen LogP contribution >= 0.6 is 22.9 Å². The number of alkyl halides is 3. The molecule has 1 N–H and O–H groups in total. The van der Waals surface area contributed by atoms with Gasteiger partial charge in [0.25, 0.3) is 11.6 Å². The van der Waals surface area contributed by atoms with E-state index < -0.39 is 22.6 Å². The number of aromatic nitrogens is 1. The average Bonchev–Trinajstić information content (AvgIpc) is 3.37. The number of hydrogen-bond acceptors (Lipinski definition) is 6. The number of likely N-dealkylation sites (tertiary alicyclic amines) is 1. The Balaban J connectivity index is 1.29. The van der Waals surface area contributed by atoms with Crippen LogP contribution in [0.3, 0.4) is 0 Å². The molecule has 0 bridgehead atoms. The van der Waals surface area contributed by atoms with Crippen LogP contribution in [0.5, 0.6) is 0 Å². The molecular formula is C24H20ClF3N4O4S. The normalized spacial score (nSPS) is 14.4. The molecule has 0 spiro atoms. The smallest absolute Gasteiger partial charge is 0.343 e. The van der Waals surface area contributed by atoms with E-state index in [0.717, 1.165) is 29.3 Å². The second-order valence-corrected chi connectivity index (χ2v) is 9.70. The molecule has 4 rings (SSSR count). The highest BCUT2D eigenvalue weighted by Crippen LogP contribution is 2.35. The predicted octanol–water partition coefficient (Wildman–Crippen LogP) is 5.53. The van der Waals surface area contributed by atoms with Gasteiger partial charge < -0.3 is 10.2 Å². The van der Waals surface area contributed by atoms with Crippen molar-refractivity contribution in [3.63, 3.8) is 0 Å². The number of carbonyl (C=O) groups excluding carboxylic acids is 2. The number of rotatable bonds is 6. The average molecular weight is 553 g/mol. The van der Waals surface area contributed by atoms with E-state index >= 15 is 0 Å². The number of nitrogens with zero attached hydrogens (tertiary/aromatic N) is 3. The summed E-state index contributed by atoms with van der Waals surface area (Å²) >= 11 is 7.33. The highest BCUT2D eigenvalue weighted by Gasteiger charge is 2.30. The fraction of sp³-hybridized carbons (Fsp3) is 0.292. The second-order valence-electron chi connectivity index (χ2n) is 8.41.